The van der Waals surface area contributed by atoms with Crippen LogP contribution >= 0.6 is 0 Å². The van der Waals surface area contributed by atoms with Crippen LogP contribution in [-0.4, -0.2) is 33.9 Å². The van der Waals surface area contributed by atoms with Gasteiger partial charge in [0.25, 0.3) is 0 Å². The molecule has 3 heterocycles. The zero-order valence-electron chi connectivity index (χ0n) is 16.6. The molecule has 0 amide bonds. The van der Waals surface area contributed by atoms with Gasteiger partial charge in [0.15, 0.2) is 5.78 Å². The van der Waals surface area contributed by atoms with Crippen molar-refractivity contribution < 1.29 is 4.79 Å². The van der Waals surface area contributed by atoms with Crippen LogP contribution in [0.1, 0.15) is 54.0 Å². The average Bonchev–Trinajstić information content (AvgIpc) is 3.27. The topological polar surface area (TPSA) is 49.0 Å². The lowest BCUT2D eigenvalue weighted by Crippen LogP contribution is -2.35. The highest BCUT2D eigenvalue weighted by atomic mass is 16.1. The molecule has 0 spiro atoms. The third kappa shape index (κ3) is 2.82. The van der Waals surface area contributed by atoms with Gasteiger partial charge in [0.05, 0.1) is 18.2 Å². The van der Waals surface area contributed by atoms with Crippen molar-refractivity contribution in [3.8, 4) is 11.8 Å². The molecule has 4 rings (SSSR count). The fraction of sp³-hybridized carbons (Fsp3) is 0.478. The molecule has 2 bridgehead atoms. The number of ketones is 1. The van der Waals surface area contributed by atoms with Gasteiger partial charge in [-0.2, -0.15) is 5.26 Å². The summed E-state index contributed by atoms with van der Waals surface area (Å²) in [4.78, 5) is 15.6. The first-order valence-corrected chi connectivity index (χ1v) is 9.90. The second-order valence-corrected chi connectivity index (χ2v) is 8.30. The summed E-state index contributed by atoms with van der Waals surface area (Å²) in [6.07, 6.45) is 2.46. The Morgan fingerprint density at radius 3 is 2.26 bits per heavy atom. The Labute approximate surface area is 161 Å². The van der Waals surface area contributed by atoms with E-state index < -0.39 is 0 Å². The number of rotatable bonds is 4. The Balaban J connectivity index is 1.60. The summed E-state index contributed by atoms with van der Waals surface area (Å²) < 4.78 is 2.11. The van der Waals surface area contributed by atoms with Gasteiger partial charge in [0.1, 0.15) is 0 Å². The van der Waals surface area contributed by atoms with E-state index in [1.165, 1.54) is 12.8 Å². The molecule has 1 aromatic carbocycles. The molecular formula is C23H27N3O. The molecule has 4 nitrogen and oxygen atoms in total. The first-order valence-electron chi connectivity index (χ1n) is 9.90. The van der Waals surface area contributed by atoms with Crippen molar-refractivity contribution in [1.82, 2.24) is 9.47 Å². The van der Waals surface area contributed by atoms with Crippen LogP contribution in [0.15, 0.2) is 30.3 Å². The van der Waals surface area contributed by atoms with E-state index in [0.717, 1.165) is 22.6 Å². The number of carbonyl (C=O) groups is 1. The summed E-state index contributed by atoms with van der Waals surface area (Å²) >= 11 is 0. The number of nitrogens with zero attached hydrogens (tertiary/aromatic N) is 3. The van der Waals surface area contributed by atoms with Crippen LogP contribution in [0.25, 0.3) is 5.69 Å². The molecule has 2 aromatic rings. The third-order valence-electron chi connectivity index (χ3n) is 6.97. The van der Waals surface area contributed by atoms with E-state index in [4.69, 9.17) is 5.26 Å². The van der Waals surface area contributed by atoms with Crippen molar-refractivity contribution >= 4 is 5.78 Å². The highest BCUT2D eigenvalue weighted by molar-refractivity contribution is 5.99. The second-order valence-electron chi connectivity index (χ2n) is 8.30. The monoisotopic (exact) mass is 361 g/mol. The number of carbonyl (C=O) groups excluding carboxylic acids is 1. The zero-order chi connectivity index (χ0) is 19.3. The largest absolute Gasteiger partial charge is 0.318 e. The molecule has 0 aliphatic carbocycles. The summed E-state index contributed by atoms with van der Waals surface area (Å²) in [6.45, 7) is 9.25. The van der Waals surface area contributed by atoms with E-state index in [1.54, 1.807) is 0 Å². The van der Waals surface area contributed by atoms with Crippen LogP contribution in [0.3, 0.4) is 0 Å². The number of hydrogen-bond donors (Lipinski definition) is 0. The number of fused-ring (bicyclic) bond motifs is 2. The van der Waals surface area contributed by atoms with Crippen molar-refractivity contribution in [2.75, 3.05) is 6.54 Å². The van der Waals surface area contributed by atoms with Gasteiger partial charge in [-0.25, -0.2) is 0 Å². The van der Waals surface area contributed by atoms with E-state index in [0.29, 0.717) is 36.0 Å². The predicted octanol–water partition coefficient (Wildman–Crippen LogP) is 4.27. The minimum atomic E-state index is 0.223. The summed E-state index contributed by atoms with van der Waals surface area (Å²) in [5.41, 5.74) is 4.49. The second kappa shape index (κ2) is 6.65. The first-order chi connectivity index (χ1) is 12.9. The van der Waals surface area contributed by atoms with Crippen LogP contribution in [-0.2, 0) is 0 Å². The molecule has 0 N–H and O–H groups in total. The molecule has 2 unspecified atom stereocenters. The van der Waals surface area contributed by atoms with Gasteiger partial charge in [0, 0.05) is 34.7 Å². The van der Waals surface area contributed by atoms with Gasteiger partial charge in [-0.15, -0.1) is 0 Å². The highest BCUT2D eigenvalue weighted by Gasteiger charge is 2.49. The Hall–Kier alpha value is -2.38. The van der Waals surface area contributed by atoms with Gasteiger partial charge >= 0.3 is 0 Å². The Morgan fingerprint density at radius 2 is 1.70 bits per heavy atom. The number of aryl methyl sites for hydroxylation is 1. The number of Topliss-reactive ketones (excluding diaryl/α,β-unsaturated/α-hetero) is 1. The van der Waals surface area contributed by atoms with E-state index in [-0.39, 0.29) is 5.78 Å². The van der Waals surface area contributed by atoms with E-state index in [2.05, 4.69) is 29.4 Å². The predicted molar refractivity (Wildman–Crippen MR) is 106 cm³/mol. The molecule has 4 heteroatoms. The lowest BCUT2D eigenvalue weighted by Gasteiger charge is -2.21. The minimum Gasteiger partial charge on any atom is -0.318 e. The summed E-state index contributed by atoms with van der Waals surface area (Å²) in [5.74, 6) is 1.59. The zero-order valence-corrected chi connectivity index (χ0v) is 16.6. The molecule has 0 radical (unpaired) electrons. The van der Waals surface area contributed by atoms with Crippen molar-refractivity contribution in [3.05, 3.63) is 52.8 Å². The maximum atomic E-state index is 13.2. The average molecular weight is 361 g/mol. The standard InChI is InChI=1S/C23H27N3O/c1-14-11-20(17(4)26(14)19-7-5-18(12-24)6-8-19)23(27)13-25-21-9-10-22(25)16(3)15(21)2/h5-8,11,15-16,21-22H,9-10,13H2,1-4H3/t15-,16+,21?,22?. The maximum Gasteiger partial charge on any atom is 0.178 e. The van der Waals surface area contributed by atoms with Crippen molar-refractivity contribution in [2.24, 2.45) is 11.8 Å². The normalized spacial score (nSPS) is 27.1. The SMILES string of the molecule is Cc1cc(C(=O)CN2C3CCC2[C@H](C)[C@@H]3C)c(C)n1-c1ccc(C#N)cc1. The van der Waals surface area contributed by atoms with Gasteiger partial charge in [-0.3, -0.25) is 9.69 Å². The van der Waals surface area contributed by atoms with Crippen LogP contribution in [0.2, 0.25) is 0 Å². The fourth-order valence-corrected chi connectivity index (χ4v) is 5.36. The van der Waals surface area contributed by atoms with Gasteiger partial charge in [0.2, 0.25) is 0 Å². The lowest BCUT2D eigenvalue weighted by atomic mass is 9.82. The van der Waals surface area contributed by atoms with Crippen LogP contribution in [0, 0.1) is 37.0 Å². The van der Waals surface area contributed by atoms with E-state index >= 15 is 0 Å². The Morgan fingerprint density at radius 1 is 1.11 bits per heavy atom. The van der Waals surface area contributed by atoms with Crippen LogP contribution in [0.4, 0.5) is 0 Å². The van der Waals surface area contributed by atoms with Crippen LogP contribution in [0.5, 0.6) is 0 Å². The third-order valence-corrected chi connectivity index (χ3v) is 6.97. The summed E-state index contributed by atoms with van der Waals surface area (Å²) in [5, 5.41) is 9.00. The minimum absolute atomic E-state index is 0.223. The fourth-order valence-electron chi connectivity index (χ4n) is 5.36. The first kappa shape index (κ1) is 18.0. The quantitative estimate of drug-likeness (QED) is 0.764. The maximum absolute atomic E-state index is 13.2. The molecular weight excluding hydrogens is 334 g/mol. The molecule has 1 aromatic heterocycles. The Kier molecular flexibility index (Phi) is 4.44. The van der Waals surface area contributed by atoms with Gasteiger partial charge in [-0.1, -0.05) is 13.8 Å². The number of aromatic nitrogens is 1. The van der Waals surface area contributed by atoms with Crippen LogP contribution < -0.4 is 0 Å². The molecule has 2 aliphatic heterocycles. The van der Waals surface area contributed by atoms with Crippen molar-refractivity contribution in [2.45, 2.75) is 52.6 Å². The Bertz CT molecular complexity index is 902. The molecule has 2 saturated heterocycles. The summed E-state index contributed by atoms with van der Waals surface area (Å²) in [6, 6.07) is 12.8. The number of hydrogen-bond acceptors (Lipinski definition) is 3. The summed E-state index contributed by atoms with van der Waals surface area (Å²) in [7, 11) is 0. The highest BCUT2D eigenvalue weighted by Crippen LogP contribution is 2.45. The molecule has 2 fully saturated rings. The molecule has 4 atom stereocenters. The molecule has 140 valence electrons. The van der Waals surface area contributed by atoms with E-state index in [9.17, 15) is 4.79 Å². The van der Waals surface area contributed by atoms with Gasteiger partial charge < -0.3 is 4.57 Å². The number of nitriles is 1. The van der Waals surface area contributed by atoms with Crippen molar-refractivity contribution in [3.63, 3.8) is 0 Å². The van der Waals surface area contributed by atoms with E-state index in [1.807, 2.05) is 44.2 Å². The van der Waals surface area contributed by atoms with Crippen molar-refractivity contribution in [1.29, 1.82) is 5.26 Å². The number of benzene rings is 1. The smallest absolute Gasteiger partial charge is 0.178 e. The molecule has 0 saturated carbocycles. The molecule has 2 aliphatic rings. The molecule has 27 heavy (non-hydrogen) atoms. The lowest BCUT2D eigenvalue weighted by molar-refractivity contribution is 0.0911. The van der Waals surface area contributed by atoms with Gasteiger partial charge in [-0.05, 0) is 68.9 Å².